The topological polar surface area (TPSA) is 15.3 Å². The van der Waals surface area contributed by atoms with Crippen molar-refractivity contribution in [3.63, 3.8) is 0 Å². The van der Waals surface area contributed by atoms with Crippen molar-refractivity contribution in [1.82, 2.24) is 10.2 Å². The summed E-state index contributed by atoms with van der Waals surface area (Å²) in [5.74, 6) is 2.56. The van der Waals surface area contributed by atoms with E-state index in [1.807, 2.05) is 0 Å². The molecule has 0 fully saturated rings. The number of rotatable bonds is 9. The van der Waals surface area contributed by atoms with Gasteiger partial charge in [-0.25, -0.2) is 0 Å². The highest BCUT2D eigenvalue weighted by molar-refractivity contribution is 7.99. The van der Waals surface area contributed by atoms with E-state index >= 15 is 0 Å². The molecular formula is C13H30N2S. The lowest BCUT2D eigenvalue weighted by atomic mass is 10.1. The Kier molecular flexibility index (Phi) is 9.47. The Morgan fingerprint density at radius 1 is 1.06 bits per heavy atom. The van der Waals surface area contributed by atoms with Gasteiger partial charge in [-0.3, -0.25) is 0 Å². The minimum atomic E-state index is 0.270. The molecule has 0 saturated carbocycles. The van der Waals surface area contributed by atoms with Crippen LogP contribution in [-0.4, -0.2) is 48.1 Å². The maximum atomic E-state index is 3.52. The van der Waals surface area contributed by atoms with E-state index in [4.69, 9.17) is 0 Å². The Morgan fingerprint density at radius 2 is 1.69 bits per heavy atom. The Morgan fingerprint density at radius 3 is 2.19 bits per heavy atom. The van der Waals surface area contributed by atoms with Crippen LogP contribution in [0.5, 0.6) is 0 Å². The van der Waals surface area contributed by atoms with Crippen molar-refractivity contribution in [2.45, 2.75) is 46.6 Å². The Bertz CT molecular complexity index is 151. The molecule has 98 valence electrons. The SMILES string of the molecule is CCN(CC)CCSCCCNC(C)(C)C. The zero-order valence-corrected chi connectivity index (χ0v) is 12.6. The van der Waals surface area contributed by atoms with Crippen LogP contribution in [0.1, 0.15) is 41.0 Å². The summed E-state index contributed by atoms with van der Waals surface area (Å²) in [4.78, 5) is 2.49. The molecule has 0 spiro atoms. The average Bonchev–Trinajstić information content (AvgIpc) is 2.21. The summed E-state index contributed by atoms with van der Waals surface area (Å²) in [5, 5.41) is 3.52. The monoisotopic (exact) mass is 246 g/mol. The van der Waals surface area contributed by atoms with Crippen LogP contribution in [0.3, 0.4) is 0 Å². The van der Waals surface area contributed by atoms with Gasteiger partial charge in [0.2, 0.25) is 0 Å². The third kappa shape index (κ3) is 10.8. The number of thioether (sulfide) groups is 1. The van der Waals surface area contributed by atoms with Gasteiger partial charge >= 0.3 is 0 Å². The van der Waals surface area contributed by atoms with Crippen molar-refractivity contribution >= 4 is 11.8 Å². The molecule has 0 aromatic heterocycles. The van der Waals surface area contributed by atoms with Crippen LogP contribution in [0.25, 0.3) is 0 Å². The molecule has 3 heteroatoms. The van der Waals surface area contributed by atoms with Gasteiger partial charge in [0.1, 0.15) is 0 Å². The van der Waals surface area contributed by atoms with E-state index in [9.17, 15) is 0 Å². The van der Waals surface area contributed by atoms with Crippen molar-refractivity contribution in [2.75, 3.05) is 37.7 Å². The van der Waals surface area contributed by atoms with Gasteiger partial charge in [0.25, 0.3) is 0 Å². The van der Waals surface area contributed by atoms with Crippen molar-refractivity contribution in [2.24, 2.45) is 0 Å². The van der Waals surface area contributed by atoms with Gasteiger partial charge in [-0.15, -0.1) is 0 Å². The van der Waals surface area contributed by atoms with E-state index < -0.39 is 0 Å². The first-order valence-corrected chi connectivity index (χ1v) is 7.70. The Hall–Kier alpha value is 0.270. The first kappa shape index (κ1) is 16.3. The second-order valence-corrected chi connectivity index (χ2v) is 6.39. The van der Waals surface area contributed by atoms with Crippen LogP contribution in [0, 0.1) is 0 Å². The largest absolute Gasteiger partial charge is 0.312 e. The smallest absolute Gasteiger partial charge is 0.00965 e. The number of nitrogens with zero attached hydrogens (tertiary/aromatic N) is 1. The van der Waals surface area contributed by atoms with Gasteiger partial charge in [-0.05, 0) is 52.6 Å². The zero-order chi connectivity index (χ0) is 12.4. The summed E-state index contributed by atoms with van der Waals surface area (Å²) < 4.78 is 0. The van der Waals surface area contributed by atoms with Crippen molar-refractivity contribution in [1.29, 1.82) is 0 Å². The summed E-state index contributed by atoms with van der Waals surface area (Å²) in [5.41, 5.74) is 0.270. The van der Waals surface area contributed by atoms with E-state index in [1.54, 1.807) is 0 Å². The molecule has 0 amide bonds. The highest BCUT2D eigenvalue weighted by Crippen LogP contribution is 2.04. The van der Waals surface area contributed by atoms with E-state index in [2.05, 4.69) is 56.6 Å². The summed E-state index contributed by atoms with van der Waals surface area (Å²) in [6.07, 6.45) is 1.28. The highest BCUT2D eigenvalue weighted by atomic mass is 32.2. The van der Waals surface area contributed by atoms with Crippen LogP contribution in [0.4, 0.5) is 0 Å². The van der Waals surface area contributed by atoms with E-state index in [0.29, 0.717) is 0 Å². The van der Waals surface area contributed by atoms with Crippen LogP contribution in [-0.2, 0) is 0 Å². The number of hydrogen-bond donors (Lipinski definition) is 1. The minimum Gasteiger partial charge on any atom is -0.312 e. The highest BCUT2D eigenvalue weighted by Gasteiger charge is 2.06. The maximum absolute atomic E-state index is 3.52. The lowest BCUT2D eigenvalue weighted by Crippen LogP contribution is -2.36. The van der Waals surface area contributed by atoms with Gasteiger partial charge in [0.05, 0.1) is 0 Å². The fourth-order valence-electron chi connectivity index (χ4n) is 1.47. The third-order valence-electron chi connectivity index (χ3n) is 2.57. The molecule has 0 aliphatic carbocycles. The summed E-state index contributed by atoms with van der Waals surface area (Å²) in [7, 11) is 0. The van der Waals surface area contributed by atoms with Crippen LogP contribution >= 0.6 is 11.8 Å². The summed E-state index contributed by atoms with van der Waals surface area (Å²) >= 11 is 2.08. The van der Waals surface area contributed by atoms with E-state index in [0.717, 1.165) is 6.54 Å². The van der Waals surface area contributed by atoms with Crippen LogP contribution in [0.2, 0.25) is 0 Å². The van der Waals surface area contributed by atoms with Crippen molar-refractivity contribution < 1.29 is 0 Å². The molecule has 1 N–H and O–H groups in total. The quantitative estimate of drug-likeness (QED) is 0.630. The molecule has 0 saturated heterocycles. The molecule has 0 bridgehead atoms. The second-order valence-electron chi connectivity index (χ2n) is 5.17. The van der Waals surface area contributed by atoms with E-state index in [-0.39, 0.29) is 5.54 Å². The van der Waals surface area contributed by atoms with Gasteiger partial charge in [0, 0.05) is 17.8 Å². The summed E-state index contributed by atoms with van der Waals surface area (Å²) in [6.45, 7) is 15.9. The molecule has 0 unspecified atom stereocenters. The molecule has 2 nitrogen and oxygen atoms in total. The van der Waals surface area contributed by atoms with Gasteiger partial charge in [-0.2, -0.15) is 11.8 Å². The number of nitrogens with one attached hydrogen (secondary N) is 1. The van der Waals surface area contributed by atoms with Gasteiger partial charge < -0.3 is 10.2 Å². The standard InChI is InChI=1S/C13H30N2S/c1-6-15(7-2)10-12-16-11-8-9-14-13(3,4)5/h14H,6-12H2,1-5H3. The number of hydrogen-bond acceptors (Lipinski definition) is 3. The molecule has 0 aliphatic rings. The predicted molar refractivity (Wildman–Crippen MR) is 77.5 cm³/mol. The zero-order valence-electron chi connectivity index (χ0n) is 11.8. The van der Waals surface area contributed by atoms with Crippen LogP contribution in [0.15, 0.2) is 0 Å². The van der Waals surface area contributed by atoms with Crippen LogP contribution < -0.4 is 5.32 Å². The van der Waals surface area contributed by atoms with Crippen molar-refractivity contribution in [3.8, 4) is 0 Å². The van der Waals surface area contributed by atoms with E-state index in [1.165, 1.54) is 37.6 Å². The fraction of sp³-hybridized carbons (Fsp3) is 1.00. The third-order valence-corrected chi connectivity index (χ3v) is 3.62. The fourth-order valence-corrected chi connectivity index (χ4v) is 2.41. The Labute approximate surface area is 107 Å². The van der Waals surface area contributed by atoms with Crippen molar-refractivity contribution in [3.05, 3.63) is 0 Å². The maximum Gasteiger partial charge on any atom is 0.00965 e. The molecular weight excluding hydrogens is 216 g/mol. The first-order chi connectivity index (χ1) is 7.49. The first-order valence-electron chi connectivity index (χ1n) is 6.54. The molecule has 0 rings (SSSR count). The lowest BCUT2D eigenvalue weighted by molar-refractivity contribution is 0.324. The molecule has 0 aliphatic heterocycles. The van der Waals surface area contributed by atoms with Gasteiger partial charge in [-0.1, -0.05) is 13.8 Å². The minimum absolute atomic E-state index is 0.270. The average molecular weight is 246 g/mol. The molecule has 16 heavy (non-hydrogen) atoms. The summed E-state index contributed by atoms with van der Waals surface area (Å²) in [6, 6.07) is 0. The molecule has 0 radical (unpaired) electrons. The normalized spacial score (nSPS) is 12.4. The molecule has 0 aromatic carbocycles. The molecule has 0 atom stereocenters. The van der Waals surface area contributed by atoms with Gasteiger partial charge in [0.15, 0.2) is 0 Å². The molecule has 0 heterocycles. The second kappa shape index (κ2) is 9.32. The lowest BCUT2D eigenvalue weighted by Gasteiger charge is -2.20. The predicted octanol–water partition coefficient (Wildman–Crippen LogP) is 2.84. The Balaban J connectivity index is 3.21. The molecule has 0 aromatic rings.